The highest BCUT2D eigenvalue weighted by atomic mass is 35.5. The van der Waals surface area contributed by atoms with Crippen LogP contribution in [0.2, 0.25) is 0 Å². The Morgan fingerprint density at radius 3 is 3.05 bits per heavy atom. The van der Waals surface area contributed by atoms with Crippen LogP contribution in [0.1, 0.15) is 31.6 Å². The summed E-state index contributed by atoms with van der Waals surface area (Å²) in [6.45, 7) is 2.86. The summed E-state index contributed by atoms with van der Waals surface area (Å²) >= 11 is 5.93. The number of hydrogen-bond donors (Lipinski definition) is 0. The molecule has 2 aromatic rings. The van der Waals surface area contributed by atoms with Crippen LogP contribution in [0.5, 0.6) is 5.88 Å². The summed E-state index contributed by atoms with van der Waals surface area (Å²) in [6.07, 6.45) is 4.37. The molecule has 2 aromatic heterocycles. The standard InChI is InChI=1S/C14H19ClN4O2/c1-9-7-10(4-6-21-9)19-11(3-5-15)18-12-13(19)16-8-17-14(12)20-2/h8-10H,3-7H2,1-2H3. The number of aryl methyl sites for hydroxylation is 1. The number of rotatable bonds is 4. The smallest absolute Gasteiger partial charge is 0.245 e. The molecular weight excluding hydrogens is 292 g/mol. The summed E-state index contributed by atoms with van der Waals surface area (Å²) in [4.78, 5) is 13.2. The predicted molar refractivity (Wildman–Crippen MR) is 80.0 cm³/mol. The molecule has 0 spiro atoms. The van der Waals surface area contributed by atoms with Gasteiger partial charge in [0.25, 0.3) is 0 Å². The first-order valence-electron chi connectivity index (χ1n) is 7.18. The van der Waals surface area contributed by atoms with E-state index < -0.39 is 0 Å². The third kappa shape index (κ3) is 2.70. The van der Waals surface area contributed by atoms with Crippen molar-refractivity contribution in [3.8, 4) is 5.88 Å². The molecule has 0 aliphatic carbocycles. The number of hydrogen-bond acceptors (Lipinski definition) is 5. The van der Waals surface area contributed by atoms with Gasteiger partial charge in [0.15, 0.2) is 11.2 Å². The number of imidazole rings is 1. The van der Waals surface area contributed by atoms with Crippen LogP contribution in [0, 0.1) is 0 Å². The second-order valence-corrected chi connectivity index (χ2v) is 5.63. The van der Waals surface area contributed by atoms with Gasteiger partial charge in [0.05, 0.1) is 13.2 Å². The van der Waals surface area contributed by atoms with Crippen molar-refractivity contribution in [3.63, 3.8) is 0 Å². The van der Waals surface area contributed by atoms with Crippen LogP contribution in [0.25, 0.3) is 11.2 Å². The van der Waals surface area contributed by atoms with E-state index in [1.54, 1.807) is 7.11 Å². The Hall–Kier alpha value is -1.40. The number of aromatic nitrogens is 4. The summed E-state index contributed by atoms with van der Waals surface area (Å²) in [6, 6.07) is 0.330. The first-order chi connectivity index (χ1) is 10.2. The molecule has 1 saturated heterocycles. The molecule has 1 aliphatic rings. The van der Waals surface area contributed by atoms with Gasteiger partial charge in [-0.3, -0.25) is 0 Å². The molecule has 0 N–H and O–H groups in total. The van der Waals surface area contributed by atoms with Crippen molar-refractivity contribution < 1.29 is 9.47 Å². The minimum absolute atomic E-state index is 0.244. The first kappa shape index (κ1) is 14.5. The van der Waals surface area contributed by atoms with Crippen molar-refractivity contribution in [2.45, 2.75) is 38.3 Å². The Morgan fingerprint density at radius 2 is 2.33 bits per heavy atom. The van der Waals surface area contributed by atoms with Gasteiger partial charge in [-0.1, -0.05) is 0 Å². The third-order valence-electron chi connectivity index (χ3n) is 3.85. The lowest BCUT2D eigenvalue weighted by molar-refractivity contribution is 0.00616. The van der Waals surface area contributed by atoms with E-state index in [2.05, 4.69) is 26.4 Å². The van der Waals surface area contributed by atoms with Crippen LogP contribution in [-0.4, -0.2) is 45.2 Å². The predicted octanol–water partition coefficient (Wildman–Crippen LogP) is 2.36. The van der Waals surface area contributed by atoms with Crippen LogP contribution in [0.4, 0.5) is 0 Å². The van der Waals surface area contributed by atoms with Gasteiger partial charge in [-0.25, -0.2) is 9.97 Å². The molecule has 2 unspecified atom stereocenters. The van der Waals surface area contributed by atoms with Crippen LogP contribution in [-0.2, 0) is 11.2 Å². The van der Waals surface area contributed by atoms with Gasteiger partial charge in [-0.05, 0) is 19.8 Å². The second-order valence-electron chi connectivity index (χ2n) is 5.25. The monoisotopic (exact) mass is 310 g/mol. The Kier molecular flexibility index (Phi) is 4.26. The van der Waals surface area contributed by atoms with Crippen molar-refractivity contribution >= 4 is 22.8 Å². The summed E-state index contributed by atoms with van der Waals surface area (Å²) in [7, 11) is 1.60. The van der Waals surface area contributed by atoms with Crippen molar-refractivity contribution in [2.75, 3.05) is 19.6 Å². The lowest BCUT2D eigenvalue weighted by Crippen LogP contribution is -2.26. The van der Waals surface area contributed by atoms with Gasteiger partial charge in [-0.2, -0.15) is 4.98 Å². The number of alkyl halides is 1. The van der Waals surface area contributed by atoms with Crippen molar-refractivity contribution in [1.82, 2.24) is 19.5 Å². The molecule has 1 fully saturated rings. The second kappa shape index (κ2) is 6.15. The maximum absolute atomic E-state index is 5.93. The molecule has 21 heavy (non-hydrogen) atoms. The van der Waals surface area contributed by atoms with Gasteiger partial charge in [-0.15, -0.1) is 11.6 Å². The third-order valence-corrected chi connectivity index (χ3v) is 4.04. The zero-order valence-electron chi connectivity index (χ0n) is 12.3. The molecule has 2 atom stereocenters. The molecule has 3 heterocycles. The lowest BCUT2D eigenvalue weighted by atomic mass is 10.0. The molecule has 0 aromatic carbocycles. The number of ether oxygens (including phenoxy) is 2. The average molecular weight is 311 g/mol. The van der Waals surface area contributed by atoms with E-state index in [9.17, 15) is 0 Å². The van der Waals surface area contributed by atoms with E-state index >= 15 is 0 Å². The number of nitrogens with zero attached hydrogens (tertiary/aromatic N) is 4. The average Bonchev–Trinajstić information content (AvgIpc) is 2.85. The fraction of sp³-hybridized carbons (Fsp3) is 0.643. The Balaban J connectivity index is 2.11. The summed E-state index contributed by atoms with van der Waals surface area (Å²) in [5, 5.41) is 0. The summed E-state index contributed by atoms with van der Waals surface area (Å²) in [5.41, 5.74) is 1.53. The molecule has 3 rings (SSSR count). The van der Waals surface area contributed by atoms with Gasteiger partial charge < -0.3 is 14.0 Å². The lowest BCUT2D eigenvalue weighted by Gasteiger charge is -2.29. The van der Waals surface area contributed by atoms with E-state index in [0.717, 1.165) is 30.9 Å². The molecule has 0 amide bonds. The Labute approximate surface area is 128 Å². The molecule has 0 radical (unpaired) electrons. The first-order valence-corrected chi connectivity index (χ1v) is 7.71. The quantitative estimate of drug-likeness (QED) is 0.811. The maximum Gasteiger partial charge on any atom is 0.245 e. The largest absolute Gasteiger partial charge is 0.479 e. The van der Waals surface area contributed by atoms with Gasteiger partial charge in [0, 0.05) is 24.9 Å². The fourth-order valence-electron chi connectivity index (χ4n) is 2.94. The fourth-order valence-corrected chi connectivity index (χ4v) is 3.10. The van der Waals surface area contributed by atoms with Crippen molar-refractivity contribution in [1.29, 1.82) is 0 Å². The molecular formula is C14H19ClN4O2. The van der Waals surface area contributed by atoms with Crippen LogP contribution in [0.15, 0.2) is 6.33 Å². The molecule has 1 aliphatic heterocycles. The van der Waals surface area contributed by atoms with Gasteiger partial charge >= 0.3 is 0 Å². The molecule has 6 nitrogen and oxygen atoms in total. The SMILES string of the molecule is COc1ncnc2c1nc(CCCl)n2C1CCOC(C)C1. The van der Waals surface area contributed by atoms with E-state index in [-0.39, 0.29) is 6.10 Å². The van der Waals surface area contributed by atoms with E-state index in [1.807, 2.05) is 0 Å². The topological polar surface area (TPSA) is 62.1 Å². The van der Waals surface area contributed by atoms with Gasteiger partial charge in [0.1, 0.15) is 12.2 Å². The van der Waals surface area contributed by atoms with Crippen LogP contribution >= 0.6 is 11.6 Å². The van der Waals surface area contributed by atoms with Crippen LogP contribution < -0.4 is 4.74 Å². The van der Waals surface area contributed by atoms with E-state index in [1.165, 1.54) is 6.33 Å². The zero-order chi connectivity index (χ0) is 14.8. The number of fused-ring (bicyclic) bond motifs is 1. The summed E-state index contributed by atoms with van der Waals surface area (Å²) < 4.78 is 13.1. The number of halogens is 1. The highest BCUT2D eigenvalue weighted by molar-refractivity contribution is 6.17. The molecule has 114 valence electrons. The minimum Gasteiger partial charge on any atom is -0.479 e. The normalized spacial score (nSPS) is 22.6. The molecule has 7 heteroatoms. The zero-order valence-corrected chi connectivity index (χ0v) is 13.0. The summed E-state index contributed by atoms with van der Waals surface area (Å²) in [5.74, 6) is 1.98. The number of methoxy groups -OCH3 is 1. The Morgan fingerprint density at radius 1 is 1.48 bits per heavy atom. The maximum atomic E-state index is 5.93. The molecule has 0 saturated carbocycles. The Bertz CT molecular complexity index is 631. The minimum atomic E-state index is 0.244. The highest BCUT2D eigenvalue weighted by Crippen LogP contribution is 2.31. The van der Waals surface area contributed by atoms with Crippen molar-refractivity contribution in [2.24, 2.45) is 0 Å². The van der Waals surface area contributed by atoms with E-state index in [4.69, 9.17) is 21.1 Å². The molecule has 0 bridgehead atoms. The van der Waals surface area contributed by atoms with Crippen LogP contribution in [0.3, 0.4) is 0 Å². The van der Waals surface area contributed by atoms with Crippen molar-refractivity contribution in [3.05, 3.63) is 12.2 Å². The van der Waals surface area contributed by atoms with E-state index in [0.29, 0.717) is 29.7 Å². The highest BCUT2D eigenvalue weighted by Gasteiger charge is 2.26. The van der Waals surface area contributed by atoms with Gasteiger partial charge in [0.2, 0.25) is 5.88 Å².